The van der Waals surface area contributed by atoms with Gasteiger partial charge in [0.25, 0.3) is 5.91 Å². The van der Waals surface area contributed by atoms with Gasteiger partial charge in [0.1, 0.15) is 5.82 Å². The molecule has 1 saturated heterocycles. The van der Waals surface area contributed by atoms with Crippen LogP contribution >= 0.6 is 0 Å². The van der Waals surface area contributed by atoms with Crippen LogP contribution in [0.5, 0.6) is 11.5 Å². The monoisotopic (exact) mass is 406 g/mol. The van der Waals surface area contributed by atoms with E-state index in [-0.39, 0.29) is 18.5 Å². The van der Waals surface area contributed by atoms with Gasteiger partial charge in [0.2, 0.25) is 6.79 Å². The van der Waals surface area contributed by atoms with Crippen molar-refractivity contribution in [3.05, 3.63) is 66.0 Å². The van der Waals surface area contributed by atoms with Crippen molar-refractivity contribution >= 4 is 11.7 Å². The fourth-order valence-corrected chi connectivity index (χ4v) is 3.62. The van der Waals surface area contributed by atoms with Crippen molar-refractivity contribution in [2.24, 2.45) is 0 Å². The van der Waals surface area contributed by atoms with Crippen molar-refractivity contribution in [1.29, 1.82) is 0 Å². The summed E-state index contributed by atoms with van der Waals surface area (Å²) in [6, 6.07) is 15.2. The number of fused-ring (bicyclic) bond motifs is 1. The third-order valence-corrected chi connectivity index (χ3v) is 5.30. The highest BCUT2D eigenvalue weighted by atomic mass is 19.1. The largest absolute Gasteiger partial charge is 0.454 e. The molecule has 2 aromatic carbocycles. The summed E-state index contributed by atoms with van der Waals surface area (Å²) >= 11 is 0. The van der Waals surface area contributed by atoms with Gasteiger partial charge >= 0.3 is 0 Å². The zero-order valence-electron chi connectivity index (χ0n) is 16.1. The number of rotatable bonds is 3. The van der Waals surface area contributed by atoms with Crippen LogP contribution in [-0.2, 0) is 0 Å². The Kier molecular flexibility index (Phi) is 4.66. The first-order valence-electron chi connectivity index (χ1n) is 9.71. The SMILES string of the molecule is O=C(c1ccc2c(c1)OCO2)N1CCN(c2ccc(-c3ccc(F)cc3)nn2)CC1. The smallest absolute Gasteiger partial charge is 0.254 e. The predicted molar refractivity (Wildman–Crippen MR) is 108 cm³/mol. The summed E-state index contributed by atoms with van der Waals surface area (Å²) in [6.45, 7) is 2.71. The first kappa shape index (κ1) is 18.4. The van der Waals surface area contributed by atoms with Crippen molar-refractivity contribution in [2.45, 2.75) is 0 Å². The molecule has 0 radical (unpaired) electrons. The van der Waals surface area contributed by atoms with Crippen molar-refractivity contribution in [1.82, 2.24) is 15.1 Å². The van der Waals surface area contributed by atoms with Crippen molar-refractivity contribution in [3.63, 3.8) is 0 Å². The van der Waals surface area contributed by atoms with Gasteiger partial charge in [-0.2, -0.15) is 0 Å². The Labute approximate surface area is 172 Å². The maximum absolute atomic E-state index is 13.1. The Bertz CT molecular complexity index is 1060. The molecular formula is C22H19FN4O3. The second-order valence-electron chi connectivity index (χ2n) is 7.13. The standard InChI is InChI=1S/C22H19FN4O3/c23-17-4-1-15(2-5-17)18-6-8-21(25-24-18)26-9-11-27(12-10-26)22(28)16-3-7-19-20(13-16)30-14-29-19/h1-8,13H,9-12,14H2. The van der Waals surface area contributed by atoms with Gasteiger partial charge < -0.3 is 19.3 Å². The molecule has 0 saturated carbocycles. The molecule has 0 unspecified atom stereocenters. The molecule has 1 amide bonds. The molecule has 2 aliphatic rings. The van der Waals surface area contributed by atoms with Gasteiger partial charge in [-0.3, -0.25) is 4.79 Å². The average molecular weight is 406 g/mol. The van der Waals surface area contributed by atoms with Crippen LogP contribution in [-0.4, -0.2) is 54.0 Å². The summed E-state index contributed by atoms with van der Waals surface area (Å²) in [5, 5.41) is 8.59. The minimum atomic E-state index is -0.281. The third-order valence-electron chi connectivity index (χ3n) is 5.30. The summed E-state index contributed by atoms with van der Waals surface area (Å²) in [5.74, 6) is 1.73. The van der Waals surface area contributed by atoms with E-state index in [0.29, 0.717) is 48.9 Å². The molecule has 8 heteroatoms. The third kappa shape index (κ3) is 3.52. The molecule has 3 heterocycles. The highest BCUT2D eigenvalue weighted by molar-refractivity contribution is 5.95. The Morgan fingerprint density at radius 1 is 0.867 bits per heavy atom. The predicted octanol–water partition coefficient (Wildman–Crippen LogP) is 2.97. The van der Waals surface area contributed by atoms with E-state index in [9.17, 15) is 9.18 Å². The van der Waals surface area contributed by atoms with Gasteiger partial charge in [-0.1, -0.05) is 0 Å². The Hall–Kier alpha value is -3.68. The van der Waals surface area contributed by atoms with Crippen molar-refractivity contribution in [3.8, 4) is 22.8 Å². The van der Waals surface area contributed by atoms with Crippen molar-refractivity contribution < 1.29 is 18.7 Å². The Balaban J connectivity index is 1.22. The molecule has 0 atom stereocenters. The molecule has 1 aromatic heterocycles. The minimum absolute atomic E-state index is 0.0225. The number of aromatic nitrogens is 2. The number of carbonyl (C=O) groups is 1. The molecule has 7 nitrogen and oxygen atoms in total. The van der Waals surface area contributed by atoms with Gasteiger partial charge in [0.05, 0.1) is 5.69 Å². The van der Waals surface area contributed by atoms with E-state index in [2.05, 4.69) is 15.1 Å². The van der Waals surface area contributed by atoms with Crippen LogP contribution in [0, 0.1) is 5.82 Å². The van der Waals surface area contributed by atoms with E-state index in [1.807, 2.05) is 17.0 Å². The van der Waals surface area contributed by atoms with Crippen LogP contribution in [0.2, 0.25) is 0 Å². The second-order valence-corrected chi connectivity index (χ2v) is 7.13. The number of nitrogens with zero attached hydrogens (tertiary/aromatic N) is 4. The molecule has 152 valence electrons. The topological polar surface area (TPSA) is 67.8 Å². The summed E-state index contributed by atoms with van der Waals surface area (Å²) in [4.78, 5) is 16.8. The minimum Gasteiger partial charge on any atom is -0.454 e. The van der Waals surface area contributed by atoms with Gasteiger partial charge in [-0.05, 0) is 54.6 Å². The lowest BCUT2D eigenvalue weighted by molar-refractivity contribution is 0.0746. The normalized spacial score (nSPS) is 15.4. The van der Waals surface area contributed by atoms with E-state index in [1.165, 1.54) is 12.1 Å². The number of carbonyl (C=O) groups excluding carboxylic acids is 1. The maximum atomic E-state index is 13.1. The van der Waals surface area contributed by atoms with Crippen LogP contribution in [0.25, 0.3) is 11.3 Å². The van der Waals surface area contributed by atoms with Crippen LogP contribution < -0.4 is 14.4 Å². The summed E-state index contributed by atoms with van der Waals surface area (Å²) in [5.41, 5.74) is 2.10. The molecule has 1 fully saturated rings. The molecule has 0 N–H and O–H groups in total. The number of hydrogen-bond donors (Lipinski definition) is 0. The first-order valence-corrected chi connectivity index (χ1v) is 9.71. The number of amides is 1. The molecule has 5 rings (SSSR count). The van der Waals surface area contributed by atoms with E-state index in [0.717, 1.165) is 11.4 Å². The second kappa shape index (κ2) is 7.62. The molecule has 3 aromatic rings. The molecule has 0 spiro atoms. The molecule has 0 bridgehead atoms. The number of hydrogen-bond acceptors (Lipinski definition) is 6. The van der Waals surface area contributed by atoms with E-state index in [4.69, 9.17) is 9.47 Å². The Morgan fingerprint density at radius 3 is 2.37 bits per heavy atom. The van der Waals surface area contributed by atoms with E-state index >= 15 is 0 Å². The summed E-state index contributed by atoms with van der Waals surface area (Å²) in [7, 11) is 0. The Morgan fingerprint density at radius 2 is 1.63 bits per heavy atom. The summed E-state index contributed by atoms with van der Waals surface area (Å²) in [6.07, 6.45) is 0. The van der Waals surface area contributed by atoms with Crippen LogP contribution in [0.4, 0.5) is 10.2 Å². The fourth-order valence-electron chi connectivity index (χ4n) is 3.62. The molecule has 0 aliphatic carbocycles. The van der Waals surface area contributed by atoms with Crippen LogP contribution in [0.3, 0.4) is 0 Å². The molecule has 30 heavy (non-hydrogen) atoms. The number of anilines is 1. The quantitative estimate of drug-likeness (QED) is 0.666. The zero-order valence-corrected chi connectivity index (χ0v) is 16.1. The van der Waals surface area contributed by atoms with Gasteiger partial charge in [-0.25, -0.2) is 4.39 Å². The lowest BCUT2D eigenvalue weighted by atomic mass is 10.1. The highest BCUT2D eigenvalue weighted by Gasteiger charge is 2.25. The fraction of sp³-hybridized carbons (Fsp3) is 0.227. The van der Waals surface area contributed by atoms with Crippen LogP contribution in [0.1, 0.15) is 10.4 Å². The molecular weight excluding hydrogens is 387 g/mol. The lowest BCUT2D eigenvalue weighted by Gasteiger charge is -2.35. The van der Waals surface area contributed by atoms with Gasteiger partial charge in [0.15, 0.2) is 17.3 Å². The van der Waals surface area contributed by atoms with E-state index < -0.39 is 0 Å². The number of piperazine rings is 1. The number of halogens is 1. The van der Waals surface area contributed by atoms with Crippen LogP contribution in [0.15, 0.2) is 54.6 Å². The van der Waals surface area contributed by atoms with Crippen molar-refractivity contribution in [2.75, 3.05) is 37.9 Å². The number of ether oxygens (including phenoxy) is 2. The zero-order chi connectivity index (χ0) is 20.5. The highest BCUT2D eigenvalue weighted by Crippen LogP contribution is 2.33. The first-order chi connectivity index (χ1) is 14.7. The van der Waals surface area contributed by atoms with E-state index in [1.54, 1.807) is 30.3 Å². The molecule has 2 aliphatic heterocycles. The number of benzene rings is 2. The van der Waals surface area contributed by atoms with Gasteiger partial charge in [-0.15, -0.1) is 10.2 Å². The summed E-state index contributed by atoms with van der Waals surface area (Å²) < 4.78 is 23.7. The lowest BCUT2D eigenvalue weighted by Crippen LogP contribution is -2.49. The average Bonchev–Trinajstić information content (AvgIpc) is 3.27. The van der Waals surface area contributed by atoms with Gasteiger partial charge in [0, 0.05) is 37.3 Å². The maximum Gasteiger partial charge on any atom is 0.254 e.